The molecule has 0 spiro atoms. The number of halogens is 1. The Bertz CT molecular complexity index is 882. The van der Waals surface area contributed by atoms with E-state index >= 15 is 0 Å². The first-order chi connectivity index (χ1) is 14.6. The number of aliphatic imine (C=N–C) groups is 1. The number of hydrogen-bond acceptors (Lipinski definition) is 3. The summed E-state index contributed by atoms with van der Waals surface area (Å²) in [5.41, 5.74) is 3.25. The highest BCUT2D eigenvalue weighted by Crippen LogP contribution is 2.43. The van der Waals surface area contributed by atoms with Crippen molar-refractivity contribution in [3.05, 3.63) is 59.7 Å². The molecule has 0 radical (unpaired) electrons. The number of benzene rings is 2. The number of guanidine groups is 1. The molecule has 0 unspecified atom stereocenters. The SMILES string of the molecule is CCNC(=NCc1ccc(OC)c(NC(C)=O)c1)NCC1(c2ccccc2)CCC1.I. The van der Waals surface area contributed by atoms with E-state index in [9.17, 15) is 4.79 Å². The largest absolute Gasteiger partial charge is 0.495 e. The molecule has 0 heterocycles. The predicted octanol–water partition coefficient (Wildman–Crippen LogP) is 4.45. The summed E-state index contributed by atoms with van der Waals surface area (Å²) in [6, 6.07) is 16.5. The van der Waals surface area contributed by atoms with Gasteiger partial charge in [-0.2, -0.15) is 0 Å². The molecule has 168 valence electrons. The number of ether oxygens (including phenoxy) is 1. The summed E-state index contributed by atoms with van der Waals surface area (Å²) in [7, 11) is 1.59. The van der Waals surface area contributed by atoms with Crippen LogP contribution in [0.4, 0.5) is 5.69 Å². The summed E-state index contributed by atoms with van der Waals surface area (Å²) < 4.78 is 5.33. The molecule has 1 amide bonds. The quantitative estimate of drug-likeness (QED) is 0.265. The summed E-state index contributed by atoms with van der Waals surface area (Å²) >= 11 is 0. The highest BCUT2D eigenvalue weighted by atomic mass is 127. The molecule has 1 aliphatic rings. The van der Waals surface area contributed by atoms with Gasteiger partial charge in [-0.05, 0) is 43.0 Å². The topological polar surface area (TPSA) is 74.8 Å². The van der Waals surface area contributed by atoms with Crippen LogP contribution in [0.15, 0.2) is 53.5 Å². The molecule has 7 heteroatoms. The van der Waals surface area contributed by atoms with Crippen LogP contribution in [0, 0.1) is 0 Å². The molecule has 1 fully saturated rings. The van der Waals surface area contributed by atoms with E-state index < -0.39 is 0 Å². The number of carbonyl (C=O) groups is 1. The van der Waals surface area contributed by atoms with Gasteiger partial charge in [0.15, 0.2) is 5.96 Å². The summed E-state index contributed by atoms with van der Waals surface area (Å²) in [6.45, 7) is 5.72. The zero-order valence-electron chi connectivity index (χ0n) is 18.5. The van der Waals surface area contributed by atoms with Crippen LogP contribution in [0.3, 0.4) is 0 Å². The molecule has 2 aromatic carbocycles. The first kappa shape index (κ1) is 25.0. The van der Waals surface area contributed by atoms with Crippen LogP contribution < -0.4 is 20.7 Å². The lowest BCUT2D eigenvalue weighted by atomic mass is 9.64. The Balaban J connectivity index is 0.00000341. The Labute approximate surface area is 202 Å². The van der Waals surface area contributed by atoms with Crippen molar-refractivity contribution >= 4 is 41.5 Å². The lowest BCUT2D eigenvalue weighted by Gasteiger charge is -2.43. The van der Waals surface area contributed by atoms with E-state index in [0.29, 0.717) is 18.0 Å². The first-order valence-corrected chi connectivity index (χ1v) is 10.6. The van der Waals surface area contributed by atoms with Crippen molar-refractivity contribution in [1.82, 2.24) is 10.6 Å². The fraction of sp³-hybridized carbons (Fsp3) is 0.417. The number of anilines is 1. The van der Waals surface area contributed by atoms with Crippen molar-refractivity contribution in [3.8, 4) is 5.75 Å². The van der Waals surface area contributed by atoms with Gasteiger partial charge in [0, 0.05) is 25.4 Å². The molecule has 3 rings (SSSR count). The monoisotopic (exact) mass is 536 g/mol. The van der Waals surface area contributed by atoms with Gasteiger partial charge in [-0.3, -0.25) is 4.79 Å². The van der Waals surface area contributed by atoms with Crippen molar-refractivity contribution < 1.29 is 9.53 Å². The van der Waals surface area contributed by atoms with Crippen molar-refractivity contribution in [2.75, 3.05) is 25.5 Å². The molecule has 1 aliphatic carbocycles. The first-order valence-electron chi connectivity index (χ1n) is 10.6. The van der Waals surface area contributed by atoms with Gasteiger partial charge in [-0.15, -0.1) is 24.0 Å². The second-order valence-corrected chi connectivity index (χ2v) is 7.76. The minimum atomic E-state index is -0.129. The van der Waals surface area contributed by atoms with Gasteiger partial charge in [0.25, 0.3) is 0 Å². The lowest BCUT2D eigenvalue weighted by molar-refractivity contribution is -0.114. The van der Waals surface area contributed by atoms with Crippen molar-refractivity contribution in [2.24, 2.45) is 4.99 Å². The van der Waals surface area contributed by atoms with E-state index in [-0.39, 0.29) is 35.3 Å². The average molecular weight is 536 g/mol. The number of hydrogen-bond donors (Lipinski definition) is 3. The van der Waals surface area contributed by atoms with Gasteiger partial charge < -0.3 is 20.7 Å². The molecule has 2 aromatic rings. The number of rotatable bonds is 8. The highest BCUT2D eigenvalue weighted by molar-refractivity contribution is 14.0. The summed E-state index contributed by atoms with van der Waals surface area (Å²) in [4.78, 5) is 16.2. The van der Waals surface area contributed by atoms with Gasteiger partial charge in [0.1, 0.15) is 5.75 Å². The predicted molar refractivity (Wildman–Crippen MR) is 138 cm³/mol. The van der Waals surface area contributed by atoms with E-state index in [4.69, 9.17) is 9.73 Å². The van der Waals surface area contributed by atoms with Crippen LogP contribution in [-0.2, 0) is 16.8 Å². The molecule has 0 atom stereocenters. The minimum Gasteiger partial charge on any atom is -0.495 e. The van der Waals surface area contributed by atoms with Gasteiger partial charge in [0.05, 0.1) is 19.3 Å². The average Bonchev–Trinajstić information content (AvgIpc) is 2.71. The molecule has 0 aromatic heterocycles. The Morgan fingerprint density at radius 2 is 1.87 bits per heavy atom. The molecule has 3 N–H and O–H groups in total. The lowest BCUT2D eigenvalue weighted by Crippen LogP contribution is -2.48. The van der Waals surface area contributed by atoms with Gasteiger partial charge in [0.2, 0.25) is 5.91 Å². The Morgan fingerprint density at radius 3 is 2.45 bits per heavy atom. The Morgan fingerprint density at radius 1 is 1.13 bits per heavy atom. The molecular formula is C24H33IN4O2. The van der Waals surface area contributed by atoms with Crippen LogP contribution in [0.2, 0.25) is 0 Å². The summed E-state index contributed by atoms with van der Waals surface area (Å²) in [5.74, 6) is 1.31. The van der Waals surface area contributed by atoms with Crippen LogP contribution in [0.1, 0.15) is 44.2 Å². The zero-order chi connectivity index (χ0) is 21.4. The summed E-state index contributed by atoms with van der Waals surface area (Å²) in [6.07, 6.45) is 3.66. The zero-order valence-corrected chi connectivity index (χ0v) is 20.9. The van der Waals surface area contributed by atoms with Crippen molar-refractivity contribution in [1.29, 1.82) is 0 Å². The molecule has 0 aliphatic heterocycles. The van der Waals surface area contributed by atoms with Crippen LogP contribution in [0.5, 0.6) is 5.75 Å². The molecule has 31 heavy (non-hydrogen) atoms. The normalized spacial score (nSPS) is 14.6. The standard InChI is InChI=1S/C24H32N4O2.HI/c1-4-25-23(27-17-24(13-8-14-24)20-9-6-5-7-10-20)26-16-19-11-12-22(30-3)21(15-19)28-18(2)29;/h5-7,9-12,15H,4,8,13-14,16-17H2,1-3H3,(H,28,29)(H2,25,26,27);1H. The van der Waals surface area contributed by atoms with E-state index in [2.05, 4.69) is 53.2 Å². The number of nitrogens with zero attached hydrogens (tertiary/aromatic N) is 1. The second kappa shape index (κ2) is 11.9. The smallest absolute Gasteiger partial charge is 0.221 e. The van der Waals surface area contributed by atoms with E-state index in [1.807, 2.05) is 18.2 Å². The number of nitrogens with one attached hydrogen (secondary N) is 3. The maximum atomic E-state index is 11.5. The van der Waals surface area contributed by atoms with E-state index in [0.717, 1.165) is 24.6 Å². The van der Waals surface area contributed by atoms with Crippen molar-refractivity contribution in [2.45, 2.75) is 45.1 Å². The van der Waals surface area contributed by atoms with Crippen molar-refractivity contribution in [3.63, 3.8) is 0 Å². The molecule has 0 saturated heterocycles. The molecule has 6 nitrogen and oxygen atoms in total. The van der Waals surface area contributed by atoms with Gasteiger partial charge in [-0.25, -0.2) is 4.99 Å². The third-order valence-corrected chi connectivity index (χ3v) is 5.63. The highest BCUT2D eigenvalue weighted by Gasteiger charge is 2.38. The van der Waals surface area contributed by atoms with E-state index in [1.165, 1.54) is 31.7 Å². The summed E-state index contributed by atoms with van der Waals surface area (Å²) in [5, 5.41) is 9.70. The maximum Gasteiger partial charge on any atom is 0.221 e. The van der Waals surface area contributed by atoms with Crippen LogP contribution >= 0.6 is 24.0 Å². The Hall–Kier alpha value is -2.29. The number of amides is 1. The third kappa shape index (κ3) is 6.59. The number of methoxy groups -OCH3 is 1. The van der Waals surface area contributed by atoms with E-state index in [1.54, 1.807) is 7.11 Å². The minimum absolute atomic E-state index is 0. The Kier molecular flexibility index (Phi) is 9.61. The van der Waals surface area contributed by atoms with Crippen LogP contribution in [-0.4, -0.2) is 32.1 Å². The molecular weight excluding hydrogens is 503 g/mol. The van der Waals surface area contributed by atoms with Crippen LogP contribution in [0.25, 0.3) is 0 Å². The second-order valence-electron chi connectivity index (χ2n) is 7.76. The molecule has 0 bridgehead atoms. The van der Waals surface area contributed by atoms with Gasteiger partial charge in [-0.1, -0.05) is 42.8 Å². The van der Waals surface area contributed by atoms with Gasteiger partial charge >= 0.3 is 0 Å². The molecule has 1 saturated carbocycles. The third-order valence-electron chi connectivity index (χ3n) is 5.63. The maximum absolute atomic E-state index is 11.5. The number of carbonyl (C=O) groups excluding carboxylic acids is 1. The fourth-order valence-electron chi connectivity index (χ4n) is 3.87. The fourth-order valence-corrected chi connectivity index (χ4v) is 3.87.